The maximum atomic E-state index is 13.7. The molecule has 0 aliphatic carbocycles. The fourth-order valence-electron chi connectivity index (χ4n) is 2.18. The highest BCUT2D eigenvalue weighted by Gasteiger charge is 2.18. The summed E-state index contributed by atoms with van der Waals surface area (Å²) in [5.41, 5.74) is 0.990. The molecular weight excluding hydrogens is 271 g/mol. The zero-order valence-corrected chi connectivity index (χ0v) is 11.8. The van der Waals surface area contributed by atoms with Crippen molar-refractivity contribution in [3.63, 3.8) is 0 Å². The average molecular weight is 286 g/mol. The molecule has 0 spiro atoms. The molecule has 0 aliphatic heterocycles. The van der Waals surface area contributed by atoms with Crippen molar-refractivity contribution in [2.45, 2.75) is 19.8 Å². The minimum atomic E-state index is -1.04. The van der Waals surface area contributed by atoms with Gasteiger partial charge in [-0.05, 0) is 35.7 Å². The molecule has 0 amide bonds. The smallest absolute Gasteiger partial charge is 0.335 e. The number of carboxylic acid groups (broad SMARTS) is 1. The van der Waals surface area contributed by atoms with Crippen molar-refractivity contribution in [1.82, 2.24) is 0 Å². The van der Waals surface area contributed by atoms with Gasteiger partial charge in [-0.25, -0.2) is 9.18 Å². The number of aromatic carboxylic acids is 1. The van der Waals surface area contributed by atoms with Gasteiger partial charge >= 0.3 is 5.97 Å². The quantitative estimate of drug-likeness (QED) is 0.868. The highest BCUT2D eigenvalue weighted by atomic mass is 19.1. The van der Waals surface area contributed by atoms with Gasteiger partial charge in [0.2, 0.25) is 0 Å². The summed E-state index contributed by atoms with van der Waals surface area (Å²) in [5.74, 6) is -2.13. The maximum Gasteiger partial charge on any atom is 0.335 e. The molecule has 0 atom stereocenters. The first-order chi connectivity index (χ1) is 9.91. The molecule has 0 unspecified atom stereocenters. The van der Waals surface area contributed by atoms with Crippen molar-refractivity contribution >= 4 is 11.8 Å². The van der Waals surface area contributed by atoms with Crippen LogP contribution in [0, 0.1) is 5.82 Å². The first kappa shape index (κ1) is 14.9. The molecule has 1 N–H and O–H groups in total. The van der Waals surface area contributed by atoms with Crippen LogP contribution in [0.25, 0.3) is 0 Å². The maximum absolute atomic E-state index is 13.7. The summed E-state index contributed by atoms with van der Waals surface area (Å²) in [6.07, 6.45) is 0. The molecule has 3 nitrogen and oxygen atoms in total. The Morgan fingerprint density at radius 2 is 1.71 bits per heavy atom. The van der Waals surface area contributed by atoms with Crippen molar-refractivity contribution in [1.29, 1.82) is 0 Å². The van der Waals surface area contributed by atoms with Crippen LogP contribution < -0.4 is 0 Å². The molecule has 0 bridgehead atoms. The van der Waals surface area contributed by atoms with E-state index in [2.05, 4.69) is 0 Å². The first-order valence-corrected chi connectivity index (χ1v) is 6.58. The van der Waals surface area contributed by atoms with Gasteiger partial charge in [-0.15, -0.1) is 0 Å². The molecule has 0 heterocycles. The predicted octanol–water partition coefficient (Wildman–Crippen LogP) is 3.88. The van der Waals surface area contributed by atoms with E-state index in [1.54, 1.807) is 6.07 Å². The van der Waals surface area contributed by atoms with Crippen molar-refractivity contribution < 1.29 is 19.1 Å². The molecule has 0 saturated heterocycles. The molecule has 0 fully saturated rings. The molecular formula is C17H15FO3. The Hall–Kier alpha value is -2.49. The van der Waals surface area contributed by atoms with Crippen molar-refractivity contribution in [2.75, 3.05) is 0 Å². The van der Waals surface area contributed by atoms with E-state index >= 15 is 0 Å². The lowest BCUT2D eigenvalue weighted by Crippen LogP contribution is -2.09. The zero-order chi connectivity index (χ0) is 15.6. The molecule has 0 radical (unpaired) electrons. The number of halogens is 1. The van der Waals surface area contributed by atoms with Crippen molar-refractivity contribution in [2.24, 2.45) is 0 Å². The van der Waals surface area contributed by atoms with Crippen molar-refractivity contribution in [3.8, 4) is 0 Å². The molecule has 108 valence electrons. The second-order valence-corrected chi connectivity index (χ2v) is 5.07. The lowest BCUT2D eigenvalue weighted by atomic mass is 9.92. The number of hydrogen-bond donors (Lipinski definition) is 1. The van der Waals surface area contributed by atoms with E-state index in [4.69, 9.17) is 5.11 Å². The van der Waals surface area contributed by atoms with E-state index in [9.17, 15) is 14.0 Å². The lowest BCUT2D eigenvalue weighted by Gasteiger charge is -2.12. The van der Waals surface area contributed by atoms with E-state index in [0.717, 1.165) is 0 Å². The Balaban J connectivity index is 2.51. The van der Waals surface area contributed by atoms with Crippen LogP contribution in [-0.4, -0.2) is 16.9 Å². The third kappa shape index (κ3) is 2.99. The Bertz CT molecular complexity index is 705. The van der Waals surface area contributed by atoms with Crippen LogP contribution in [0.2, 0.25) is 0 Å². The van der Waals surface area contributed by atoms with Crippen LogP contribution in [0.4, 0.5) is 4.39 Å². The Morgan fingerprint density at radius 1 is 1.05 bits per heavy atom. The van der Waals surface area contributed by atoms with Gasteiger partial charge in [0.05, 0.1) is 11.1 Å². The highest BCUT2D eigenvalue weighted by molar-refractivity contribution is 6.09. The van der Waals surface area contributed by atoms with E-state index in [-0.39, 0.29) is 22.6 Å². The minimum absolute atomic E-state index is 0.0183. The molecule has 2 aromatic rings. The number of carboxylic acids is 1. The van der Waals surface area contributed by atoms with E-state index < -0.39 is 17.6 Å². The second kappa shape index (κ2) is 5.87. The molecule has 2 rings (SSSR count). The molecule has 0 saturated carbocycles. The van der Waals surface area contributed by atoms with Crippen LogP contribution in [-0.2, 0) is 0 Å². The Morgan fingerprint density at radius 3 is 2.29 bits per heavy atom. The van der Waals surface area contributed by atoms with Gasteiger partial charge in [-0.2, -0.15) is 0 Å². The summed E-state index contributed by atoms with van der Waals surface area (Å²) in [6, 6.07) is 10.1. The SMILES string of the molecule is CC(C)c1cc(C(=O)c2ccccc2F)ccc1C(=O)O. The average Bonchev–Trinajstić information content (AvgIpc) is 2.46. The van der Waals surface area contributed by atoms with Gasteiger partial charge in [0.25, 0.3) is 0 Å². The summed E-state index contributed by atoms with van der Waals surface area (Å²) in [4.78, 5) is 23.5. The summed E-state index contributed by atoms with van der Waals surface area (Å²) in [7, 11) is 0. The normalized spacial score (nSPS) is 10.7. The number of carbonyl (C=O) groups excluding carboxylic acids is 1. The van der Waals surface area contributed by atoms with E-state index in [1.165, 1.54) is 36.4 Å². The number of ketones is 1. The Kier molecular flexibility index (Phi) is 4.17. The largest absolute Gasteiger partial charge is 0.478 e. The third-order valence-electron chi connectivity index (χ3n) is 3.28. The molecule has 0 aromatic heterocycles. The molecule has 21 heavy (non-hydrogen) atoms. The van der Waals surface area contributed by atoms with Crippen LogP contribution in [0.15, 0.2) is 42.5 Å². The number of carbonyl (C=O) groups is 2. The van der Waals surface area contributed by atoms with Crippen LogP contribution in [0.3, 0.4) is 0 Å². The minimum Gasteiger partial charge on any atom is -0.478 e. The number of rotatable bonds is 4. The fraction of sp³-hybridized carbons (Fsp3) is 0.176. The molecule has 2 aromatic carbocycles. The van der Waals surface area contributed by atoms with Crippen LogP contribution in [0.1, 0.15) is 51.6 Å². The van der Waals surface area contributed by atoms with E-state index in [0.29, 0.717) is 5.56 Å². The fourth-order valence-corrected chi connectivity index (χ4v) is 2.18. The molecule has 4 heteroatoms. The second-order valence-electron chi connectivity index (χ2n) is 5.07. The predicted molar refractivity (Wildman–Crippen MR) is 77.3 cm³/mol. The number of hydrogen-bond acceptors (Lipinski definition) is 2. The van der Waals surface area contributed by atoms with Gasteiger partial charge in [0, 0.05) is 5.56 Å². The Labute approximate surface area is 122 Å². The van der Waals surface area contributed by atoms with Gasteiger partial charge in [0.15, 0.2) is 5.78 Å². The lowest BCUT2D eigenvalue weighted by molar-refractivity contribution is 0.0694. The highest BCUT2D eigenvalue weighted by Crippen LogP contribution is 2.23. The summed E-state index contributed by atoms with van der Waals surface area (Å²) in [6.45, 7) is 3.69. The zero-order valence-electron chi connectivity index (χ0n) is 11.8. The topological polar surface area (TPSA) is 54.4 Å². The van der Waals surface area contributed by atoms with Gasteiger partial charge in [0.1, 0.15) is 5.82 Å². The standard InChI is InChI=1S/C17H15FO3/c1-10(2)14-9-11(7-8-12(14)17(20)21)16(19)13-5-3-4-6-15(13)18/h3-10H,1-2H3,(H,20,21). The van der Waals surface area contributed by atoms with Gasteiger partial charge in [-0.3, -0.25) is 4.79 Å². The summed E-state index contributed by atoms with van der Waals surface area (Å²) in [5, 5.41) is 9.16. The third-order valence-corrected chi connectivity index (χ3v) is 3.28. The first-order valence-electron chi connectivity index (χ1n) is 6.58. The molecule has 0 aliphatic rings. The van der Waals surface area contributed by atoms with E-state index in [1.807, 2.05) is 13.8 Å². The van der Waals surface area contributed by atoms with Gasteiger partial charge < -0.3 is 5.11 Å². The van der Waals surface area contributed by atoms with Gasteiger partial charge in [-0.1, -0.05) is 32.0 Å². The van der Waals surface area contributed by atoms with Crippen LogP contribution >= 0.6 is 0 Å². The summed E-state index contributed by atoms with van der Waals surface area (Å²) < 4.78 is 13.7. The summed E-state index contributed by atoms with van der Waals surface area (Å²) >= 11 is 0. The van der Waals surface area contributed by atoms with Crippen molar-refractivity contribution in [3.05, 3.63) is 70.5 Å². The monoisotopic (exact) mass is 286 g/mol. The van der Waals surface area contributed by atoms with Crippen LogP contribution in [0.5, 0.6) is 0 Å². The number of benzene rings is 2.